The van der Waals surface area contributed by atoms with Gasteiger partial charge in [-0.15, -0.1) is 11.3 Å². The van der Waals surface area contributed by atoms with Crippen LogP contribution in [0, 0.1) is 0 Å². The maximum atomic E-state index is 12.0. The van der Waals surface area contributed by atoms with Crippen LogP contribution in [0.15, 0.2) is 35.7 Å². The van der Waals surface area contributed by atoms with Crippen LogP contribution in [0.5, 0.6) is 0 Å². The molecule has 0 unspecified atom stereocenters. The zero-order valence-corrected chi connectivity index (χ0v) is 13.0. The summed E-state index contributed by atoms with van der Waals surface area (Å²) >= 11 is 1.54. The summed E-state index contributed by atoms with van der Waals surface area (Å²) in [5, 5.41) is 2.85. The quantitative estimate of drug-likeness (QED) is 0.813. The lowest BCUT2D eigenvalue weighted by molar-refractivity contribution is -0.149. The molecule has 1 saturated heterocycles. The summed E-state index contributed by atoms with van der Waals surface area (Å²) in [6.45, 7) is 0.349. The SMILES string of the molecule is COC(=O)[C@@H]1CCC(=O)N1Cc1csc(-c2ccccc2)n1. The van der Waals surface area contributed by atoms with Crippen molar-refractivity contribution in [1.29, 1.82) is 0 Å². The monoisotopic (exact) mass is 316 g/mol. The maximum Gasteiger partial charge on any atom is 0.328 e. The number of methoxy groups -OCH3 is 1. The molecule has 1 aromatic heterocycles. The molecule has 1 fully saturated rings. The van der Waals surface area contributed by atoms with Gasteiger partial charge in [0.1, 0.15) is 11.0 Å². The number of hydrogen-bond acceptors (Lipinski definition) is 5. The van der Waals surface area contributed by atoms with Gasteiger partial charge in [-0.2, -0.15) is 0 Å². The molecule has 1 aromatic carbocycles. The summed E-state index contributed by atoms with van der Waals surface area (Å²) in [6, 6.07) is 9.41. The van der Waals surface area contributed by atoms with Gasteiger partial charge in [0.05, 0.1) is 19.3 Å². The highest BCUT2D eigenvalue weighted by molar-refractivity contribution is 7.13. The summed E-state index contributed by atoms with van der Waals surface area (Å²) in [5.74, 6) is -0.381. The van der Waals surface area contributed by atoms with E-state index < -0.39 is 6.04 Å². The highest BCUT2D eigenvalue weighted by atomic mass is 32.1. The summed E-state index contributed by atoms with van der Waals surface area (Å²) < 4.78 is 4.77. The van der Waals surface area contributed by atoms with Crippen molar-refractivity contribution >= 4 is 23.2 Å². The Morgan fingerprint density at radius 3 is 2.91 bits per heavy atom. The minimum atomic E-state index is -0.487. The first kappa shape index (κ1) is 14.7. The third-order valence-corrected chi connectivity index (χ3v) is 4.65. The van der Waals surface area contributed by atoms with Crippen molar-refractivity contribution in [1.82, 2.24) is 9.88 Å². The average Bonchev–Trinajstić information content (AvgIpc) is 3.16. The smallest absolute Gasteiger partial charge is 0.328 e. The molecule has 22 heavy (non-hydrogen) atoms. The predicted molar refractivity (Wildman–Crippen MR) is 83.1 cm³/mol. The van der Waals surface area contributed by atoms with Gasteiger partial charge in [-0.3, -0.25) is 4.79 Å². The fourth-order valence-corrected chi connectivity index (χ4v) is 3.40. The van der Waals surface area contributed by atoms with Gasteiger partial charge < -0.3 is 9.64 Å². The fraction of sp³-hybridized carbons (Fsp3) is 0.312. The molecule has 114 valence electrons. The molecule has 2 aromatic rings. The standard InChI is InChI=1S/C16H16N2O3S/c1-21-16(20)13-7-8-14(19)18(13)9-12-10-22-15(17-12)11-5-3-2-4-6-11/h2-6,10,13H,7-9H2,1H3/t13-/m0/s1. The van der Waals surface area contributed by atoms with Crippen LogP contribution in [-0.4, -0.2) is 34.9 Å². The van der Waals surface area contributed by atoms with Gasteiger partial charge in [-0.1, -0.05) is 30.3 Å². The Morgan fingerprint density at radius 2 is 2.18 bits per heavy atom. The molecule has 0 N–H and O–H groups in total. The molecule has 0 aliphatic carbocycles. The van der Waals surface area contributed by atoms with E-state index in [-0.39, 0.29) is 11.9 Å². The highest BCUT2D eigenvalue weighted by Gasteiger charge is 2.37. The number of likely N-dealkylation sites (tertiary alicyclic amines) is 1. The van der Waals surface area contributed by atoms with E-state index in [9.17, 15) is 9.59 Å². The number of esters is 1. The van der Waals surface area contributed by atoms with E-state index in [1.165, 1.54) is 18.4 Å². The molecule has 0 spiro atoms. The Kier molecular flexibility index (Phi) is 4.20. The van der Waals surface area contributed by atoms with Crippen LogP contribution in [0.1, 0.15) is 18.5 Å². The Balaban J connectivity index is 1.77. The molecule has 1 aliphatic heterocycles. The number of rotatable bonds is 4. The third-order valence-electron chi connectivity index (χ3n) is 3.71. The molecular formula is C16H16N2O3S. The number of benzene rings is 1. The normalized spacial score (nSPS) is 17.8. The van der Waals surface area contributed by atoms with E-state index in [2.05, 4.69) is 4.98 Å². The predicted octanol–water partition coefficient (Wildman–Crippen LogP) is 2.47. The molecule has 1 aliphatic rings. The minimum Gasteiger partial charge on any atom is -0.467 e. The highest BCUT2D eigenvalue weighted by Crippen LogP contribution is 2.26. The zero-order chi connectivity index (χ0) is 15.5. The van der Waals surface area contributed by atoms with Crippen LogP contribution in [0.2, 0.25) is 0 Å². The number of ether oxygens (including phenoxy) is 1. The summed E-state index contributed by atoms with van der Waals surface area (Å²) in [7, 11) is 1.35. The third kappa shape index (κ3) is 2.87. The van der Waals surface area contributed by atoms with Crippen LogP contribution >= 0.6 is 11.3 Å². The van der Waals surface area contributed by atoms with Crippen molar-refractivity contribution in [3.05, 3.63) is 41.4 Å². The second-order valence-corrected chi connectivity index (χ2v) is 5.97. The molecule has 6 heteroatoms. The first-order valence-electron chi connectivity index (χ1n) is 7.06. The van der Waals surface area contributed by atoms with E-state index in [1.807, 2.05) is 35.7 Å². The zero-order valence-electron chi connectivity index (χ0n) is 12.2. The number of carbonyl (C=O) groups excluding carboxylic acids is 2. The van der Waals surface area contributed by atoms with Gasteiger partial charge in [0, 0.05) is 17.4 Å². The Labute approximate surface area is 132 Å². The van der Waals surface area contributed by atoms with Crippen molar-refractivity contribution in [3.8, 4) is 10.6 Å². The maximum absolute atomic E-state index is 12.0. The van der Waals surface area contributed by atoms with E-state index >= 15 is 0 Å². The van der Waals surface area contributed by atoms with Gasteiger partial charge in [0.2, 0.25) is 5.91 Å². The molecule has 3 rings (SSSR count). The molecule has 5 nitrogen and oxygen atoms in total. The summed E-state index contributed by atoms with van der Waals surface area (Å²) in [4.78, 5) is 29.9. The topological polar surface area (TPSA) is 59.5 Å². The van der Waals surface area contributed by atoms with Gasteiger partial charge in [-0.25, -0.2) is 9.78 Å². The number of hydrogen-bond donors (Lipinski definition) is 0. The molecular weight excluding hydrogens is 300 g/mol. The number of amides is 1. The fourth-order valence-electron chi connectivity index (χ4n) is 2.58. The molecule has 1 atom stereocenters. The molecule has 0 radical (unpaired) electrons. The van der Waals surface area contributed by atoms with Crippen LogP contribution in [0.25, 0.3) is 10.6 Å². The molecule has 2 heterocycles. The van der Waals surface area contributed by atoms with Crippen LogP contribution in [0.4, 0.5) is 0 Å². The van der Waals surface area contributed by atoms with Gasteiger partial charge >= 0.3 is 5.97 Å². The lowest BCUT2D eigenvalue weighted by atomic mass is 10.2. The van der Waals surface area contributed by atoms with E-state index in [0.717, 1.165) is 16.3 Å². The lowest BCUT2D eigenvalue weighted by Crippen LogP contribution is -2.38. The minimum absolute atomic E-state index is 0.0235. The number of aromatic nitrogens is 1. The van der Waals surface area contributed by atoms with Crippen LogP contribution in [-0.2, 0) is 20.9 Å². The second-order valence-electron chi connectivity index (χ2n) is 5.11. The van der Waals surface area contributed by atoms with Crippen molar-refractivity contribution in [2.45, 2.75) is 25.4 Å². The first-order chi connectivity index (χ1) is 10.7. The van der Waals surface area contributed by atoms with Gasteiger partial charge in [0.25, 0.3) is 0 Å². The van der Waals surface area contributed by atoms with Crippen molar-refractivity contribution in [2.24, 2.45) is 0 Å². The second kappa shape index (κ2) is 6.27. The van der Waals surface area contributed by atoms with Gasteiger partial charge in [-0.05, 0) is 6.42 Å². The Morgan fingerprint density at radius 1 is 1.41 bits per heavy atom. The number of nitrogens with zero attached hydrogens (tertiary/aromatic N) is 2. The summed E-state index contributed by atoms with van der Waals surface area (Å²) in [6.07, 6.45) is 0.899. The van der Waals surface area contributed by atoms with Crippen LogP contribution in [0.3, 0.4) is 0 Å². The van der Waals surface area contributed by atoms with Crippen molar-refractivity contribution in [2.75, 3.05) is 7.11 Å². The largest absolute Gasteiger partial charge is 0.467 e. The first-order valence-corrected chi connectivity index (χ1v) is 7.94. The molecule has 0 saturated carbocycles. The summed E-state index contributed by atoms with van der Waals surface area (Å²) in [5.41, 5.74) is 1.85. The molecule has 0 bridgehead atoms. The van der Waals surface area contributed by atoms with Gasteiger partial charge in [0.15, 0.2) is 0 Å². The van der Waals surface area contributed by atoms with E-state index in [4.69, 9.17) is 4.74 Å². The average molecular weight is 316 g/mol. The lowest BCUT2D eigenvalue weighted by Gasteiger charge is -2.21. The number of thiazole rings is 1. The Hall–Kier alpha value is -2.21. The van der Waals surface area contributed by atoms with E-state index in [1.54, 1.807) is 4.90 Å². The molecule has 1 amide bonds. The van der Waals surface area contributed by atoms with Crippen molar-refractivity contribution in [3.63, 3.8) is 0 Å². The van der Waals surface area contributed by atoms with E-state index in [0.29, 0.717) is 19.4 Å². The van der Waals surface area contributed by atoms with Crippen molar-refractivity contribution < 1.29 is 14.3 Å². The Bertz CT molecular complexity index is 684. The number of carbonyl (C=O) groups is 2. The van der Waals surface area contributed by atoms with Crippen LogP contribution < -0.4 is 0 Å².